The molecule has 5 heteroatoms. The van der Waals surface area contributed by atoms with Gasteiger partial charge in [-0.1, -0.05) is 0 Å². The van der Waals surface area contributed by atoms with Crippen LogP contribution in [0.5, 0.6) is 0 Å². The van der Waals surface area contributed by atoms with Crippen LogP contribution in [0, 0.1) is 0 Å². The molecule has 25 heavy (non-hydrogen) atoms. The van der Waals surface area contributed by atoms with Crippen molar-refractivity contribution in [1.29, 1.82) is 0 Å². The molecule has 0 unspecified atom stereocenters. The van der Waals surface area contributed by atoms with Gasteiger partial charge in [0.15, 0.2) is 0 Å². The van der Waals surface area contributed by atoms with Crippen molar-refractivity contribution in [3.05, 3.63) is 21.9 Å². The van der Waals surface area contributed by atoms with Gasteiger partial charge in [-0.3, -0.25) is 9.80 Å². The molecule has 1 aromatic heterocycles. The summed E-state index contributed by atoms with van der Waals surface area (Å²) < 4.78 is 0. The van der Waals surface area contributed by atoms with E-state index in [9.17, 15) is 5.11 Å². The molecule has 4 rings (SSSR count). The highest BCUT2D eigenvalue weighted by atomic mass is 32.1. The smallest absolute Gasteiger partial charge is 0.0564 e. The Morgan fingerprint density at radius 3 is 2.28 bits per heavy atom. The lowest BCUT2D eigenvalue weighted by Crippen LogP contribution is -2.48. The van der Waals surface area contributed by atoms with E-state index < -0.39 is 0 Å². The third-order valence-electron chi connectivity index (χ3n) is 6.26. The van der Waals surface area contributed by atoms with Crippen LogP contribution in [0.25, 0.3) is 0 Å². The van der Waals surface area contributed by atoms with Gasteiger partial charge >= 0.3 is 0 Å². The fourth-order valence-corrected chi connectivity index (χ4v) is 5.63. The largest absolute Gasteiger partial charge is 0.393 e. The Balaban J connectivity index is 1.21. The molecule has 0 atom stereocenters. The van der Waals surface area contributed by atoms with Crippen LogP contribution >= 0.6 is 11.3 Å². The number of piperidine rings is 2. The molecule has 3 saturated heterocycles. The lowest BCUT2D eigenvalue weighted by molar-refractivity contribution is 0.0377. The summed E-state index contributed by atoms with van der Waals surface area (Å²) in [6.07, 6.45) is 7.23. The molecule has 0 spiro atoms. The van der Waals surface area contributed by atoms with Gasteiger partial charge in [0.25, 0.3) is 0 Å². The molecule has 0 aromatic carbocycles. The standard InChI is InChI=1S/C20H33N3OS/c24-19-5-11-23(12-6-19)18-3-9-22(10-4-18)15-20-13-17(16-25-20)14-21-7-1-2-8-21/h13,16,18-19,24H,1-12,14-15H2. The molecule has 140 valence electrons. The zero-order chi connectivity index (χ0) is 17.1. The fourth-order valence-electron chi connectivity index (χ4n) is 4.70. The second-order valence-electron chi connectivity index (χ2n) is 8.18. The highest BCUT2D eigenvalue weighted by Gasteiger charge is 2.27. The van der Waals surface area contributed by atoms with Crippen molar-refractivity contribution in [3.8, 4) is 0 Å². The Morgan fingerprint density at radius 2 is 1.56 bits per heavy atom. The van der Waals surface area contributed by atoms with Crippen LogP contribution in [0.4, 0.5) is 0 Å². The Labute approximate surface area is 156 Å². The summed E-state index contributed by atoms with van der Waals surface area (Å²) in [5, 5.41) is 12.1. The highest BCUT2D eigenvalue weighted by molar-refractivity contribution is 7.10. The van der Waals surface area contributed by atoms with E-state index in [1.165, 1.54) is 62.3 Å². The second-order valence-corrected chi connectivity index (χ2v) is 9.17. The number of rotatable bonds is 5. The van der Waals surface area contributed by atoms with E-state index in [1.807, 2.05) is 11.3 Å². The predicted octanol–water partition coefficient (Wildman–Crippen LogP) is 2.77. The molecule has 0 amide bonds. The number of hydrogen-bond donors (Lipinski definition) is 1. The third-order valence-corrected chi connectivity index (χ3v) is 7.24. The van der Waals surface area contributed by atoms with Crippen molar-refractivity contribution in [3.63, 3.8) is 0 Å². The third kappa shape index (κ3) is 4.83. The number of nitrogens with zero attached hydrogens (tertiary/aromatic N) is 3. The molecule has 0 saturated carbocycles. The van der Waals surface area contributed by atoms with E-state index in [0.717, 1.165) is 45.1 Å². The van der Waals surface area contributed by atoms with E-state index in [-0.39, 0.29) is 6.10 Å². The van der Waals surface area contributed by atoms with E-state index in [1.54, 1.807) is 0 Å². The van der Waals surface area contributed by atoms with Crippen molar-refractivity contribution in [2.24, 2.45) is 0 Å². The Kier molecular flexibility index (Phi) is 6.09. The van der Waals surface area contributed by atoms with Crippen molar-refractivity contribution < 1.29 is 5.11 Å². The molecule has 0 radical (unpaired) electrons. The summed E-state index contributed by atoms with van der Waals surface area (Å²) in [6, 6.07) is 3.19. The van der Waals surface area contributed by atoms with Crippen LogP contribution < -0.4 is 0 Å². The monoisotopic (exact) mass is 363 g/mol. The van der Waals surface area contributed by atoms with Gasteiger partial charge in [0.1, 0.15) is 0 Å². The van der Waals surface area contributed by atoms with Crippen molar-refractivity contribution in [2.45, 2.75) is 63.8 Å². The molecule has 0 aliphatic carbocycles. The van der Waals surface area contributed by atoms with Crippen LogP contribution in [-0.2, 0) is 13.1 Å². The average molecular weight is 364 g/mol. The molecule has 3 aliphatic rings. The minimum atomic E-state index is -0.0510. The van der Waals surface area contributed by atoms with E-state index in [2.05, 4.69) is 26.1 Å². The number of aliphatic hydroxyl groups is 1. The first-order valence-corrected chi connectivity index (χ1v) is 11.1. The summed E-state index contributed by atoms with van der Waals surface area (Å²) in [7, 11) is 0. The maximum Gasteiger partial charge on any atom is 0.0564 e. The molecule has 4 heterocycles. The summed E-state index contributed by atoms with van der Waals surface area (Å²) in [4.78, 5) is 9.39. The molecular weight excluding hydrogens is 330 g/mol. The van der Waals surface area contributed by atoms with Gasteiger partial charge in [-0.05, 0) is 68.6 Å². The van der Waals surface area contributed by atoms with Gasteiger partial charge in [0.2, 0.25) is 0 Å². The Morgan fingerprint density at radius 1 is 0.880 bits per heavy atom. The predicted molar refractivity (Wildman–Crippen MR) is 104 cm³/mol. The zero-order valence-electron chi connectivity index (χ0n) is 15.4. The minimum absolute atomic E-state index is 0.0510. The molecule has 3 aliphatic heterocycles. The molecule has 0 bridgehead atoms. The zero-order valence-corrected chi connectivity index (χ0v) is 16.2. The number of hydrogen-bond acceptors (Lipinski definition) is 5. The maximum absolute atomic E-state index is 9.69. The van der Waals surface area contributed by atoms with Crippen LogP contribution in [-0.4, -0.2) is 71.2 Å². The van der Waals surface area contributed by atoms with Crippen LogP contribution in [0.3, 0.4) is 0 Å². The molecule has 3 fully saturated rings. The normalized spacial score (nSPS) is 25.8. The molecular formula is C20H33N3OS. The molecule has 4 nitrogen and oxygen atoms in total. The fraction of sp³-hybridized carbons (Fsp3) is 0.800. The van der Waals surface area contributed by atoms with Gasteiger partial charge in [-0.15, -0.1) is 11.3 Å². The van der Waals surface area contributed by atoms with Crippen LogP contribution in [0.2, 0.25) is 0 Å². The summed E-state index contributed by atoms with van der Waals surface area (Å²) in [5.41, 5.74) is 1.52. The highest BCUT2D eigenvalue weighted by Crippen LogP contribution is 2.24. The van der Waals surface area contributed by atoms with Gasteiger partial charge in [-0.2, -0.15) is 0 Å². The Hall–Kier alpha value is -0.460. The Bertz CT molecular complexity index is 527. The van der Waals surface area contributed by atoms with Crippen molar-refractivity contribution >= 4 is 11.3 Å². The summed E-state index contributed by atoms with van der Waals surface area (Å²) in [6.45, 7) is 9.49. The topological polar surface area (TPSA) is 30.0 Å². The number of thiophene rings is 1. The van der Waals surface area contributed by atoms with Crippen molar-refractivity contribution in [2.75, 3.05) is 39.3 Å². The first kappa shape index (κ1) is 17.9. The molecule has 1 N–H and O–H groups in total. The van der Waals surface area contributed by atoms with Gasteiger partial charge < -0.3 is 10.0 Å². The van der Waals surface area contributed by atoms with E-state index >= 15 is 0 Å². The lowest BCUT2D eigenvalue weighted by Gasteiger charge is -2.41. The van der Waals surface area contributed by atoms with Crippen LogP contribution in [0.15, 0.2) is 11.4 Å². The minimum Gasteiger partial charge on any atom is -0.393 e. The quantitative estimate of drug-likeness (QED) is 0.871. The molecule has 1 aromatic rings. The summed E-state index contributed by atoms with van der Waals surface area (Å²) in [5.74, 6) is 0. The lowest BCUT2D eigenvalue weighted by atomic mass is 9.99. The van der Waals surface area contributed by atoms with Gasteiger partial charge in [-0.25, -0.2) is 0 Å². The maximum atomic E-state index is 9.69. The number of likely N-dealkylation sites (tertiary alicyclic amines) is 3. The summed E-state index contributed by atoms with van der Waals surface area (Å²) >= 11 is 1.95. The second kappa shape index (κ2) is 8.49. The van der Waals surface area contributed by atoms with E-state index in [4.69, 9.17) is 0 Å². The van der Waals surface area contributed by atoms with E-state index in [0.29, 0.717) is 0 Å². The van der Waals surface area contributed by atoms with Gasteiger partial charge in [0.05, 0.1) is 6.10 Å². The van der Waals surface area contributed by atoms with Crippen LogP contribution in [0.1, 0.15) is 49.0 Å². The average Bonchev–Trinajstić information content (AvgIpc) is 3.29. The van der Waals surface area contributed by atoms with Gasteiger partial charge in [0, 0.05) is 50.2 Å². The number of aliphatic hydroxyl groups excluding tert-OH is 1. The van der Waals surface area contributed by atoms with Crippen molar-refractivity contribution in [1.82, 2.24) is 14.7 Å². The SMILES string of the molecule is OC1CCN(C2CCN(Cc3cc(CN4CCCC4)cs3)CC2)CC1. The first-order valence-electron chi connectivity index (χ1n) is 10.2. The first-order chi connectivity index (χ1) is 12.3.